The van der Waals surface area contributed by atoms with Crippen LogP contribution in [0, 0.1) is 16.7 Å². The maximum Gasteiger partial charge on any atom is 0.328 e. The summed E-state index contributed by atoms with van der Waals surface area (Å²) in [4.78, 5) is 54.9. The summed E-state index contributed by atoms with van der Waals surface area (Å²) < 4.78 is 17.6. The van der Waals surface area contributed by atoms with E-state index in [-0.39, 0.29) is 36.4 Å². The van der Waals surface area contributed by atoms with Crippen LogP contribution in [0.1, 0.15) is 84.1 Å². The van der Waals surface area contributed by atoms with Crippen LogP contribution >= 0.6 is 11.6 Å². The van der Waals surface area contributed by atoms with E-state index in [0.717, 1.165) is 11.1 Å². The summed E-state index contributed by atoms with van der Waals surface area (Å²) in [6.07, 6.45) is 2.52. The number of nitrogens with two attached hydrogens (primary N) is 1. The summed E-state index contributed by atoms with van der Waals surface area (Å²) in [6.45, 7) is 13.4. The zero-order chi connectivity index (χ0) is 37.7. The third-order valence-electron chi connectivity index (χ3n) is 9.80. The first-order chi connectivity index (χ1) is 23.9. The summed E-state index contributed by atoms with van der Waals surface area (Å²) in [7, 11) is 1.51. The van der Waals surface area contributed by atoms with E-state index in [1.807, 2.05) is 52.0 Å². The Morgan fingerprint density at radius 2 is 1.67 bits per heavy atom. The van der Waals surface area contributed by atoms with Crippen LogP contribution in [0.2, 0.25) is 5.02 Å². The lowest BCUT2D eigenvalue weighted by molar-refractivity contribution is -0.157. The van der Waals surface area contributed by atoms with Crippen molar-refractivity contribution in [3.8, 4) is 5.75 Å². The molecule has 2 aromatic rings. The number of cyclic esters (lactones) is 1. The summed E-state index contributed by atoms with van der Waals surface area (Å²) in [5.41, 5.74) is 6.99. The van der Waals surface area contributed by atoms with Gasteiger partial charge in [-0.15, -0.1) is 0 Å². The second-order valence-electron chi connectivity index (χ2n) is 15.4. The van der Waals surface area contributed by atoms with E-state index in [4.69, 9.17) is 31.5 Å². The van der Waals surface area contributed by atoms with Crippen molar-refractivity contribution in [1.29, 1.82) is 0 Å². The normalized spacial score (nSPS) is 27.3. The van der Waals surface area contributed by atoms with Crippen molar-refractivity contribution in [1.82, 2.24) is 16.0 Å². The van der Waals surface area contributed by atoms with Crippen molar-refractivity contribution >= 4 is 35.3 Å². The summed E-state index contributed by atoms with van der Waals surface area (Å²) >= 11 is 6.36. The Hall–Kier alpha value is -3.93. The van der Waals surface area contributed by atoms with Gasteiger partial charge >= 0.3 is 5.97 Å². The van der Waals surface area contributed by atoms with Gasteiger partial charge in [-0.2, -0.15) is 0 Å². The average molecular weight is 725 g/mol. The molecule has 0 aromatic heterocycles. The number of epoxide rings is 1. The van der Waals surface area contributed by atoms with Gasteiger partial charge in [-0.3, -0.25) is 14.4 Å². The van der Waals surface area contributed by atoms with Crippen molar-refractivity contribution < 1.29 is 33.4 Å². The number of nitrogens with one attached hydrogen (secondary N) is 3. The highest BCUT2D eigenvalue weighted by molar-refractivity contribution is 6.32. The van der Waals surface area contributed by atoms with E-state index in [9.17, 15) is 19.2 Å². The van der Waals surface area contributed by atoms with Crippen LogP contribution in [0.25, 0.3) is 0 Å². The summed E-state index contributed by atoms with van der Waals surface area (Å²) in [5, 5.41) is 9.04. The molecule has 3 amide bonds. The third kappa shape index (κ3) is 10.6. The average Bonchev–Trinajstić information content (AvgIpc) is 3.87. The van der Waals surface area contributed by atoms with Crippen molar-refractivity contribution in [2.75, 3.05) is 7.11 Å². The number of amides is 3. The van der Waals surface area contributed by atoms with Crippen LogP contribution in [0.5, 0.6) is 5.75 Å². The zero-order valence-corrected chi connectivity index (χ0v) is 31.6. The van der Waals surface area contributed by atoms with Gasteiger partial charge in [0.1, 0.15) is 30.0 Å². The van der Waals surface area contributed by atoms with Crippen LogP contribution in [-0.2, 0) is 41.6 Å². The number of esters is 1. The van der Waals surface area contributed by atoms with Gasteiger partial charge in [-0.05, 0) is 67.5 Å². The number of rotatable bonds is 8. The Labute approximate surface area is 306 Å². The Kier molecular flexibility index (Phi) is 13.0. The minimum atomic E-state index is -1.15. The molecule has 2 aliphatic heterocycles. The Morgan fingerprint density at radius 1 is 1.00 bits per heavy atom. The number of carbonyl (C=O) groups excluding carboxylic acids is 4. The van der Waals surface area contributed by atoms with Crippen molar-refractivity contribution in [2.45, 2.75) is 111 Å². The van der Waals surface area contributed by atoms with E-state index in [0.29, 0.717) is 29.3 Å². The summed E-state index contributed by atoms with van der Waals surface area (Å²) in [5.74, 6) is -1.76. The number of hydrogen-bond acceptors (Lipinski definition) is 8. The standard InChI is InChI=1S/C39H53ClN4O7/c1-22(33-34(51-33)26-15-12-24(21-41)13-16-26)30-10-9-11-32(45)43-28(19-25-14-17-31(49-8)27(40)18-25)35(46)42-23(2)39(6,7)37(48)44-29(36(47)50-30)20-38(3,4)5/h9,11-18,22-23,28-30,33-34H,10,19-21,41H2,1-8H3,(H,42,46)(H,43,45)(H,44,48)/b11-9+/t22-,23-,28+,29-,30-,33+,34+/m0/s1. The number of carbonyl (C=O) groups is 4. The van der Waals surface area contributed by atoms with Gasteiger partial charge in [0.15, 0.2) is 0 Å². The van der Waals surface area contributed by atoms with Gasteiger partial charge < -0.3 is 35.9 Å². The maximum absolute atomic E-state index is 13.9. The molecule has 1 fully saturated rings. The molecule has 12 heteroatoms. The lowest BCUT2D eigenvalue weighted by atomic mass is 9.82. The first-order valence-electron chi connectivity index (χ1n) is 17.5. The number of benzene rings is 2. The van der Waals surface area contributed by atoms with Crippen LogP contribution in [0.3, 0.4) is 0 Å². The smallest absolute Gasteiger partial charge is 0.328 e. The molecule has 4 rings (SSSR count). The molecule has 2 aliphatic rings. The van der Waals surface area contributed by atoms with Crippen LogP contribution in [0.15, 0.2) is 54.6 Å². The lowest BCUT2D eigenvalue weighted by Crippen LogP contribution is -2.58. The highest BCUT2D eigenvalue weighted by Crippen LogP contribution is 2.45. The molecular weight excluding hydrogens is 672 g/mol. The molecule has 0 radical (unpaired) electrons. The molecule has 11 nitrogen and oxygen atoms in total. The molecular formula is C39H53ClN4O7. The quantitative estimate of drug-likeness (QED) is 0.220. The molecule has 278 valence electrons. The molecule has 0 unspecified atom stereocenters. The fourth-order valence-electron chi connectivity index (χ4n) is 6.10. The van der Waals surface area contributed by atoms with Gasteiger partial charge in [0, 0.05) is 31.3 Å². The predicted octanol–water partition coefficient (Wildman–Crippen LogP) is 4.93. The Bertz CT molecular complexity index is 1600. The number of hydrogen-bond donors (Lipinski definition) is 4. The van der Waals surface area contributed by atoms with E-state index >= 15 is 0 Å². The van der Waals surface area contributed by atoms with Crippen LogP contribution in [0.4, 0.5) is 0 Å². The van der Waals surface area contributed by atoms with Gasteiger partial charge in [0.05, 0.1) is 23.7 Å². The Balaban J connectivity index is 1.65. The second-order valence-corrected chi connectivity index (χ2v) is 15.8. The molecule has 2 aromatic carbocycles. The second kappa shape index (κ2) is 16.6. The lowest BCUT2D eigenvalue weighted by Gasteiger charge is -2.35. The van der Waals surface area contributed by atoms with Crippen LogP contribution in [-0.4, -0.2) is 61.1 Å². The molecule has 1 saturated heterocycles. The van der Waals surface area contributed by atoms with E-state index in [2.05, 4.69) is 16.0 Å². The number of methoxy groups -OCH3 is 1. The minimum absolute atomic E-state index is 0.131. The molecule has 5 N–H and O–H groups in total. The topological polar surface area (TPSA) is 161 Å². The van der Waals surface area contributed by atoms with E-state index < -0.39 is 53.3 Å². The molecule has 0 bridgehead atoms. The predicted molar refractivity (Wildman–Crippen MR) is 196 cm³/mol. The van der Waals surface area contributed by atoms with Crippen molar-refractivity contribution in [2.24, 2.45) is 22.5 Å². The van der Waals surface area contributed by atoms with E-state index in [1.54, 1.807) is 45.0 Å². The largest absolute Gasteiger partial charge is 0.495 e. The molecule has 0 aliphatic carbocycles. The highest BCUT2D eigenvalue weighted by Gasteiger charge is 2.48. The highest BCUT2D eigenvalue weighted by atomic mass is 35.5. The van der Waals surface area contributed by atoms with Gasteiger partial charge in [0.2, 0.25) is 17.7 Å². The summed E-state index contributed by atoms with van der Waals surface area (Å²) in [6, 6.07) is 10.4. The fraction of sp³-hybridized carbons (Fsp3) is 0.538. The SMILES string of the molecule is COc1ccc(C[C@H]2NC(=O)/C=C/C[C@@H]([C@H](C)[C@H]3O[C@@H]3c3ccc(CN)cc3)OC(=O)[C@H](CC(C)(C)C)NC(=O)C(C)(C)[C@H](C)NC2=O)cc1Cl. The molecule has 0 saturated carbocycles. The zero-order valence-electron chi connectivity index (χ0n) is 30.9. The molecule has 7 atom stereocenters. The van der Waals surface area contributed by atoms with E-state index in [1.165, 1.54) is 13.2 Å². The van der Waals surface area contributed by atoms with Gasteiger partial charge in [-0.25, -0.2) is 4.79 Å². The minimum Gasteiger partial charge on any atom is -0.495 e. The number of ether oxygens (including phenoxy) is 3. The maximum atomic E-state index is 13.9. The van der Waals surface area contributed by atoms with Gasteiger partial charge in [-0.1, -0.05) is 75.7 Å². The Morgan fingerprint density at radius 3 is 2.27 bits per heavy atom. The molecule has 51 heavy (non-hydrogen) atoms. The third-order valence-corrected chi connectivity index (χ3v) is 10.1. The van der Waals surface area contributed by atoms with Crippen molar-refractivity contribution in [3.05, 3.63) is 76.3 Å². The monoisotopic (exact) mass is 724 g/mol. The van der Waals surface area contributed by atoms with Gasteiger partial charge in [0.25, 0.3) is 0 Å². The van der Waals surface area contributed by atoms with Crippen molar-refractivity contribution in [3.63, 3.8) is 0 Å². The molecule has 2 heterocycles. The number of halogens is 1. The first kappa shape index (κ1) is 39.8. The fourth-order valence-corrected chi connectivity index (χ4v) is 6.38. The first-order valence-corrected chi connectivity index (χ1v) is 17.9. The molecule has 0 spiro atoms. The van der Waals surface area contributed by atoms with Crippen LogP contribution < -0.4 is 26.4 Å².